The quantitative estimate of drug-likeness (QED) is 0.837. The molecular formula is C12H14O4S. The predicted octanol–water partition coefficient (Wildman–Crippen LogP) is 1.97. The Labute approximate surface area is 101 Å². The fourth-order valence-corrected chi connectivity index (χ4v) is 1.96. The van der Waals surface area contributed by atoms with E-state index < -0.39 is 15.8 Å². The predicted molar refractivity (Wildman–Crippen MR) is 65.5 cm³/mol. The van der Waals surface area contributed by atoms with Gasteiger partial charge in [-0.1, -0.05) is 12.1 Å². The topological polar surface area (TPSA) is 71.4 Å². The molecule has 0 aliphatic heterocycles. The van der Waals surface area contributed by atoms with E-state index in [4.69, 9.17) is 5.11 Å². The van der Waals surface area contributed by atoms with Crippen LogP contribution in [0.5, 0.6) is 0 Å². The highest BCUT2D eigenvalue weighted by Gasteiger charge is 2.09. The fourth-order valence-electron chi connectivity index (χ4n) is 1.33. The highest BCUT2D eigenvalue weighted by atomic mass is 32.2. The van der Waals surface area contributed by atoms with Crippen LogP contribution in [0.15, 0.2) is 34.7 Å². The highest BCUT2D eigenvalue weighted by molar-refractivity contribution is 7.90. The smallest absolute Gasteiger partial charge is 0.331 e. The van der Waals surface area contributed by atoms with Crippen LogP contribution in [0.25, 0.3) is 5.57 Å². The van der Waals surface area contributed by atoms with Crippen LogP contribution in [0.3, 0.4) is 0 Å². The Morgan fingerprint density at radius 1 is 1.12 bits per heavy atom. The summed E-state index contributed by atoms with van der Waals surface area (Å²) < 4.78 is 22.5. The number of rotatable bonds is 3. The largest absolute Gasteiger partial charge is 0.478 e. The van der Waals surface area contributed by atoms with Crippen LogP contribution in [0.1, 0.15) is 19.4 Å². The van der Waals surface area contributed by atoms with Crippen molar-refractivity contribution in [2.75, 3.05) is 6.26 Å². The maximum atomic E-state index is 11.3. The summed E-state index contributed by atoms with van der Waals surface area (Å²) in [6, 6.07) is 6.17. The number of allylic oxidation sites excluding steroid dienone is 1. The van der Waals surface area contributed by atoms with Crippen LogP contribution >= 0.6 is 0 Å². The second-order valence-electron chi connectivity index (χ2n) is 3.85. The number of benzene rings is 1. The van der Waals surface area contributed by atoms with Gasteiger partial charge in [0.25, 0.3) is 0 Å². The molecule has 0 amide bonds. The summed E-state index contributed by atoms with van der Waals surface area (Å²) in [5, 5.41) is 8.84. The fraction of sp³-hybridized carbons (Fsp3) is 0.250. The molecule has 92 valence electrons. The van der Waals surface area contributed by atoms with Crippen molar-refractivity contribution < 1.29 is 18.3 Å². The second kappa shape index (κ2) is 4.71. The maximum Gasteiger partial charge on any atom is 0.331 e. The van der Waals surface area contributed by atoms with E-state index in [1.54, 1.807) is 19.1 Å². The number of hydrogen-bond donors (Lipinski definition) is 1. The van der Waals surface area contributed by atoms with E-state index in [1.165, 1.54) is 19.1 Å². The summed E-state index contributed by atoms with van der Waals surface area (Å²) in [6.45, 7) is 3.21. The van der Waals surface area contributed by atoms with E-state index in [2.05, 4.69) is 0 Å². The van der Waals surface area contributed by atoms with E-state index in [9.17, 15) is 13.2 Å². The van der Waals surface area contributed by atoms with E-state index in [0.717, 1.165) is 6.26 Å². The number of carboxylic acid groups (broad SMARTS) is 1. The first-order valence-electron chi connectivity index (χ1n) is 4.94. The van der Waals surface area contributed by atoms with E-state index in [-0.39, 0.29) is 10.5 Å². The van der Waals surface area contributed by atoms with Gasteiger partial charge in [0.1, 0.15) is 0 Å². The van der Waals surface area contributed by atoms with E-state index >= 15 is 0 Å². The number of hydrogen-bond acceptors (Lipinski definition) is 3. The summed E-state index contributed by atoms with van der Waals surface area (Å²) >= 11 is 0. The van der Waals surface area contributed by atoms with Crippen molar-refractivity contribution in [1.29, 1.82) is 0 Å². The van der Waals surface area contributed by atoms with Crippen molar-refractivity contribution in [3.63, 3.8) is 0 Å². The highest BCUT2D eigenvalue weighted by Crippen LogP contribution is 2.20. The Balaban J connectivity index is 3.21. The lowest BCUT2D eigenvalue weighted by Gasteiger charge is -2.05. The Morgan fingerprint density at radius 3 is 1.94 bits per heavy atom. The van der Waals surface area contributed by atoms with Crippen LogP contribution < -0.4 is 0 Å². The molecule has 0 saturated heterocycles. The average Bonchev–Trinajstić information content (AvgIpc) is 2.26. The zero-order valence-corrected chi connectivity index (χ0v) is 10.7. The van der Waals surface area contributed by atoms with E-state index in [0.29, 0.717) is 11.1 Å². The Morgan fingerprint density at radius 2 is 1.59 bits per heavy atom. The van der Waals surface area contributed by atoms with Crippen LogP contribution in [0.2, 0.25) is 0 Å². The standard InChI is InChI=1S/C12H14O4S/c1-8(9(2)12(13)14)10-4-6-11(7-5-10)17(3,15)16/h4-7H,1-3H3,(H,13,14). The van der Waals surface area contributed by atoms with Gasteiger partial charge in [0, 0.05) is 11.8 Å². The molecule has 1 rings (SSSR count). The van der Waals surface area contributed by atoms with Gasteiger partial charge in [-0.05, 0) is 37.1 Å². The zero-order chi connectivity index (χ0) is 13.2. The van der Waals surface area contributed by atoms with Crippen molar-refractivity contribution in [1.82, 2.24) is 0 Å². The van der Waals surface area contributed by atoms with Crippen LogP contribution in [0, 0.1) is 0 Å². The van der Waals surface area contributed by atoms with Gasteiger partial charge < -0.3 is 5.11 Å². The molecule has 0 heterocycles. The summed E-state index contributed by atoms with van der Waals surface area (Å²) in [7, 11) is -3.21. The second-order valence-corrected chi connectivity index (χ2v) is 5.87. The molecule has 0 radical (unpaired) electrons. The first-order valence-corrected chi connectivity index (χ1v) is 6.84. The minimum Gasteiger partial charge on any atom is -0.478 e. The Kier molecular flexibility index (Phi) is 3.72. The molecule has 0 aromatic heterocycles. The van der Waals surface area contributed by atoms with Crippen molar-refractivity contribution in [3.05, 3.63) is 35.4 Å². The zero-order valence-electron chi connectivity index (χ0n) is 9.89. The first kappa shape index (κ1) is 13.4. The van der Waals surface area contributed by atoms with Crippen molar-refractivity contribution in [2.24, 2.45) is 0 Å². The minimum atomic E-state index is -3.21. The molecule has 0 bridgehead atoms. The lowest BCUT2D eigenvalue weighted by Crippen LogP contribution is -2.00. The molecule has 0 saturated carbocycles. The van der Waals surface area contributed by atoms with Crippen molar-refractivity contribution >= 4 is 21.4 Å². The van der Waals surface area contributed by atoms with Gasteiger partial charge in [-0.3, -0.25) is 0 Å². The van der Waals surface area contributed by atoms with Gasteiger partial charge in [-0.15, -0.1) is 0 Å². The van der Waals surface area contributed by atoms with Crippen LogP contribution in [-0.2, 0) is 14.6 Å². The lowest BCUT2D eigenvalue weighted by atomic mass is 10.0. The molecule has 1 N–H and O–H groups in total. The number of sulfone groups is 1. The summed E-state index contributed by atoms with van der Waals surface area (Å²) in [5.41, 5.74) is 1.58. The van der Waals surface area contributed by atoms with Gasteiger partial charge in [0.15, 0.2) is 9.84 Å². The summed E-state index contributed by atoms with van der Waals surface area (Å²) in [5.74, 6) is -0.977. The van der Waals surface area contributed by atoms with Gasteiger partial charge in [0.05, 0.1) is 4.90 Å². The molecule has 0 fully saturated rings. The average molecular weight is 254 g/mol. The van der Waals surface area contributed by atoms with Crippen LogP contribution in [0.4, 0.5) is 0 Å². The molecule has 1 aromatic rings. The minimum absolute atomic E-state index is 0.224. The van der Waals surface area contributed by atoms with Gasteiger partial charge >= 0.3 is 5.97 Å². The molecule has 5 heteroatoms. The molecule has 0 spiro atoms. The van der Waals surface area contributed by atoms with Gasteiger partial charge in [0.2, 0.25) is 0 Å². The number of carbonyl (C=O) groups is 1. The first-order chi connectivity index (χ1) is 7.73. The molecule has 0 unspecified atom stereocenters. The monoisotopic (exact) mass is 254 g/mol. The summed E-state index contributed by atoms with van der Waals surface area (Å²) in [6.07, 6.45) is 1.13. The third-order valence-electron chi connectivity index (χ3n) is 2.60. The Bertz CT molecular complexity index is 565. The SMILES string of the molecule is CC(C(=O)O)=C(C)c1ccc(S(C)(=O)=O)cc1. The van der Waals surface area contributed by atoms with Crippen molar-refractivity contribution in [2.45, 2.75) is 18.7 Å². The Hall–Kier alpha value is -1.62. The summed E-state index contributed by atoms with van der Waals surface area (Å²) in [4.78, 5) is 11.0. The third kappa shape index (κ3) is 3.17. The molecule has 1 aromatic carbocycles. The van der Waals surface area contributed by atoms with E-state index in [1.807, 2.05) is 0 Å². The third-order valence-corrected chi connectivity index (χ3v) is 3.73. The molecule has 0 aliphatic rings. The number of carboxylic acids is 1. The maximum absolute atomic E-state index is 11.3. The number of aliphatic carboxylic acids is 1. The van der Waals surface area contributed by atoms with Gasteiger partial charge in [-0.2, -0.15) is 0 Å². The lowest BCUT2D eigenvalue weighted by molar-refractivity contribution is -0.132. The van der Waals surface area contributed by atoms with Crippen molar-refractivity contribution in [3.8, 4) is 0 Å². The normalized spacial score (nSPS) is 13.1. The molecule has 0 aliphatic carbocycles. The molecule has 4 nitrogen and oxygen atoms in total. The molecular weight excluding hydrogens is 240 g/mol. The molecule has 0 atom stereocenters. The van der Waals surface area contributed by atoms with Gasteiger partial charge in [-0.25, -0.2) is 13.2 Å². The molecule has 17 heavy (non-hydrogen) atoms. The van der Waals surface area contributed by atoms with Crippen LogP contribution in [-0.4, -0.2) is 25.7 Å².